The molecule has 5 rings (SSSR count). The summed E-state index contributed by atoms with van der Waals surface area (Å²) < 4.78 is 5.72. The van der Waals surface area contributed by atoms with Gasteiger partial charge in [0.05, 0.1) is 11.7 Å². The van der Waals surface area contributed by atoms with Crippen LogP contribution in [0.3, 0.4) is 0 Å². The third kappa shape index (κ3) is 7.98. The highest BCUT2D eigenvalue weighted by Crippen LogP contribution is 2.30. The summed E-state index contributed by atoms with van der Waals surface area (Å²) in [5.41, 5.74) is 5.37. The van der Waals surface area contributed by atoms with Crippen LogP contribution in [0, 0.1) is 5.92 Å². The Morgan fingerprint density at radius 1 is 0.902 bits per heavy atom. The van der Waals surface area contributed by atoms with E-state index in [2.05, 4.69) is 52.8 Å². The lowest BCUT2D eigenvalue weighted by molar-refractivity contribution is 0.0858. The van der Waals surface area contributed by atoms with Gasteiger partial charge in [-0.25, -0.2) is 0 Å². The molecular formula is C35H43N3O3. The van der Waals surface area contributed by atoms with Crippen molar-refractivity contribution in [2.75, 3.05) is 36.5 Å². The van der Waals surface area contributed by atoms with Crippen LogP contribution < -0.4 is 15.5 Å². The molecule has 0 spiro atoms. The second kappa shape index (κ2) is 14.3. The van der Waals surface area contributed by atoms with Crippen LogP contribution in [0.5, 0.6) is 0 Å². The number of aryl methyl sites for hydroxylation is 1. The largest absolute Gasteiger partial charge is 0.376 e. The van der Waals surface area contributed by atoms with Crippen molar-refractivity contribution in [3.8, 4) is 0 Å². The molecule has 0 aliphatic carbocycles. The zero-order valence-electron chi connectivity index (χ0n) is 24.2. The molecule has 2 amide bonds. The maximum Gasteiger partial charge on any atom is 0.255 e. The molecule has 216 valence electrons. The van der Waals surface area contributed by atoms with E-state index in [0.717, 1.165) is 76.8 Å². The third-order valence-corrected chi connectivity index (χ3v) is 8.37. The molecule has 0 radical (unpaired) electrons. The number of carbonyl (C=O) groups is 2. The molecule has 1 atom stereocenters. The van der Waals surface area contributed by atoms with E-state index in [9.17, 15) is 9.59 Å². The predicted octanol–water partition coefficient (Wildman–Crippen LogP) is 6.65. The first-order valence-corrected chi connectivity index (χ1v) is 15.3. The van der Waals surface area contributed by atoms with E-state index in [-0.39, 0.29) is 17.9 Å². The van der Waals surface area contributed by atoms with E-state index in [1.165, 1.54) is 11.1 Å². The molecule has 0 aromatic heterocycles. The first-order valence-electron chi connectivity index (χ1n) is 15.3. The van der Waals surface area contributed by atoms with Gasteiger partial charge in [-0.05, 0) is 92.3 Å². The van der Waals surface area contributed by atoms with Gasteiger partial charge in [-0.2, -0.15) is 0 Å². The number of hydrogen-bond donors (Lipinski definition) is 2. The van der Waals surface area contributed by atoms with Crippen molar-refractivity contribution >= 4 is 23.2 Å². The predicted molar refractivity (Wildman–Crippen MR) is 166 cm³/mol. The number of amides is 2. The number of carbonyl (C=O) groups excluding carboxylic acids is 2. The summed E-state index contributed by atoms with van der Waals surface area (Å²) in [5, 5.41) is 6.11. The van der Waals surface area contributed by atoms with Crippen molar-refractivity contribution in [3.63, 3.8) is 0 Å². The van der Waals surface area contributed by atoms with Crippen LogP contribution in [-0.4, -0.2) is 44.2 Å². The van der Waals surface area contributed by atoms with E-state index in [1.807, 2.05) is 42.5 Å². The molecule has 3 aromatic carbocycles. The SMILES string of the molecule is CCCCc1ccc(C(=O)Nc2ccc(N3CCC(Cc4ccccc4)CC3)c(C(=O)NCC3CCCO3)c2)cc1. The first kappa shape index (κ1) is 28.9. The minimum absolute atomic E-state index is 0.0688. The fourth-order valence-electron chi connectivity index (χ4n) is 5.91. The molecule has 2 fully saturated rings. The minimum atomic E-state index is -0.174. The number of ether oxygens (including phenoxy) is 1. The standard InChI is InChI=1S/C35H43N3O3/c1-2-3-8-26-12-14-29(15-13-26)34(39)37-30-16-17-33(32(24-30)35(40)36-25-31-11-7-22-41-31)38-20-18-28(19-21-38)23-27-9-5-4-6-10-27/h4-6,9-10,12-17,24,28,31H,2-3,7-8,11,18-23,25H2,1H3,(H,36,40)(H,37,39). The van der Waals surface area contributed by atoms with Gasteiger partial charge in [0.1, 0.15) is 0 Å². The summed E-state index contributed by atoms with van der Waals surface area (Å²) in [6.07, 6.45) is 8.63. The van der Waals surface area contributed by atoms with Crippen molar-refractivity contribution in [1.82, 2.24) is 5.32 Å². The summed E-state index contributed by atoms with van der Waals surface area (Å²) in [7, 11) is 0. The molecule has 6 nitrogen and oxygen atoms in total. The molecule has 41 heavy (non-hydrogen) atoms. The Kier molecular flexibility index (Phi) is 10.1. The fourth-order valence-corrected chi connectivity index (χ4v) is 5.91. The average Bonchev–Trinajstić information content (AvgIpc) is 3.54. The summed E-state index contributed by atoms with van der Waals surface area (Å²) in [6, 6.07) is 24.2. The molecule has 6 heteroatoms. The minimum Gasteiger partial charge on any atom is -0.376 e. The molecule has 0 saturated carbocycles. The summed E-state index contributed by atoms with van der Waals surface area (Å²) >= 11 is 0. The monoisotopic (exact) mass is 553 g/mol. The Bertz CT molecular complexity index is 1280. The first-order chi connectivity index (χ1) is 20.1. The van der Waals surface area contributed by atoms with Gasteiger partial charge in [-0.3, -0.25) is 9.59 Å². The van der Waals surface area contributed by atoms with Gasteiger partial charge in [-0.15, -0.1) is 0 Å². The van der Waals surface area contributed by atoms with Crippen molar-refractivity contribution in [2.24, 2.45) is 5.92 Å². The number of hydrogen-bond acceptors (Lipinski definition) is 4. The normalized spacial score (nSPS) is 17.4. The smallest absolute Gasteiger partial charge is 0.255 e. The van der Waals surface area contributed by atoms with Crippen LogP contribution in [0.15, 0.2) is 72.8 Å². The summed E-state index contributed by atoms with van der Waals surface area (Å²) in [5.74, 6) is 0.336. The molecule has 2 aliphatic heterocycles. The maximum absolute atomic E-state index is 13.5. The van der Waals surface area contributed by atoms with Crippen LogP contribution in [0.4, 0.5) is 11.4 Å². The summed E-state index contributed by atoms with van der Waals surface area (Å²) in [6.45, 7) is 5.24. The second-order valence-electron chi connectivity index (χ2n) is 11.5. The molecule has 2 saturated heterocycles. The Balaban J connectivity index is 1.28. The molecular weight excluding hydrogens is 510 g/mol. The van der Waals surface area contributed by atoms with Gasteiger partial charge in [0.2, 0.25) is 0 Å². The number of rotatable bonds is 11. The number of benzene rings is 3. The van der Waals surface area contributed by atoms with Crippen molar-refractivity contribution < 1.29 is 14.3 Å². The number of nitrogens with zero attached hydrogens (tertiary/aromatic N) is 1. The van der Waals surface area contributed by atoms with Gasteiger partial charge in [-0.1, -0.05) is 55.8 Å². The van der Waals surface area contributed by atoms with Gasteiger partial charge in [0.25, 0.3) is 11.8 Å². The van der Waals surface area contributed by atoms with Crippen LogP contribution in [0.2, 0.25) is 0 Å². The maximum atomic E-state index is 13.5. The quantitative estimate of drug-likeness (QED) is 0.279. The highest BCUT2D eigenvalue weighted by atomic mass is 16.5. The molecule has 2 aliphatic rings. The fraction of sp³-hybridized carbons (Fsp3) is 0.429. The van der Waals surface area contributed by atoms with E-state index < -0.39 is 0 Å². The van der Waals surface area contributed by atoms with Crippen LogP contribution in [-0.2, 0) is 17.6 Å². The zero-order valence-corrected chi connectivity index (χ0v) is 24.2. The Labute approximate surface area is 244 Å². The third-order valence-electron chi connectivity index (χ3n) is 8.37. The van der Waals surface area contributed by atoms with Gasteiger partial charge >= 0.3 is 0 Å². The van der Waals surface area contributed by atoms with Gasteiger partial charge in [0, 0.05) is 43.2 Å². The highest BCUT2D eigenvalue weighted by molar-refractivity contribution is 6.06. The lowest BCUT2D eigenvalue weighted by Gasteiger charge is -2.35. The van der Waals surface area contributed by atoms with Crippen LogP contribution in [0.1, 0.15) is 77.3 Å². The highest BCUT2D eigenvalue weighted by Gasteiger charge is 2.25. The lowest BCUT2D eigenvalue weighted by Crippen LogP contribution is -2.37. The number of piperidine rings is 1. The van der Waals surface area contributed by atoms with E-state index in [0.29, 0.717) is 29.3 Å². The number of nitrogens with one attached hydrogen (secondary N) is 2. The van der Waals surface area contributed by atoms with E-state index >= 15 is 0 Å². The van der Waals surface area contributed by atoms with Crippen LogP contribution >= 0.6 is 0 Å². The van der Waals surface area contributed by atoms with Crippen LogP contribution in [0.25, 0.3) is 0 Å². The molecule has 0 bridgehead atoms. The summed E-state index contributed by atoms with van der Waals surface area (Å²) in [4.78, 5) is 28.9. The van der Waals surface area contributed by atoms with E-state index in [4.69, 9.17) is 4.74 Å². The second-order valence-corrected chi connectivity index (χ2v) is 11.5. The Morgan fingerprint density at radius 3 is 2.39 bits per heavy atom. The van der Waals surface area contributed by atoms with Gasteiger partial charge < -0.3 is 20.3 Å². The van der Waals surface area contributed by atoms with Gasteiger partial charge in [0.15, 0.2) is 0 Å². The van der Waals surface area contributed by atoms with E-state index in [1.54, 1.807) is 0 Å². The van der Waals surface area contributed by atoms with Crippen molar-refractivity contribution in [2.45, 2.75) is 64.4 Å². The average molecular weight is 554 g/mol. The van der Waals surface area contributed by atoms with Crippen molar-refractivity contribution in [1.29, 1.82) is 0 Å². The zero-order chi connectivity index (χ0) is 28.4. The molecule has 2 N–H and O–H groups in total. The number of anilines is 2. The topological polar surface area (TPSA) is 70.7 Å². The Hall–Kier alpha value is -3.64. The lowest BCUT2D eigenvalue weighted by atomic mass is 9.89. The Morgan fingerprint density at radius 2 is 1.68 bits per heavy atom. The molecule has 3 aromatic rings. The molecule has 2 heterocycles. The molecule has 1 unspecified atom stereocenters. The van der Waals surface area contributed by atoms with Crippen molar-refractivity contribution in [3.05, 3.63) is 95.1 Å². The number of unbranched alkanes of at least 4 members (excludes halogenated alkanes) is 1.